The van der Waals surface area contributed by atoms with Crippen LogP contribution in [0.25, 0.3) is 0 Å². The van der Waals surface area contributed by atoms with E-state index in [1.165, 1.54) is 19.3 Å². The van der Waals surface area contributed by atoms with E-state index in [-0.39, 0.29) is 0 Å². The molecule has 1 aliphatic heterocycles. The molecule has 0 bridgehead atoms. The quantitative estimate of drug-likeness (QED) is 0.865. The summed E-state index contributed by atoms with van der Waals surface area (Å²) in [5.41, 5.74) is 6.99. The van der Waals surface area contributed by atoms with Crippen LogP contribution in [0.3, 0.4) is 0 Å². The molecule has 0 amide bonds. The second kappa shape index (κ2) is 5.00. The molecule has 4 heteroatoms. The van der Waals surface area contributed by atoms with Gasteiger partial charge in [-0.3, -0.25) is 0 Å². The van der Waals surface area contributed by atoms with Crippen LogP contribution in [0.5, 0.6) is 0 Å². The molecule has 2 rings (SSSR count). The van der Waals surface area contributed by atoms with E-state index in [1.54, 1.807) is 0 Å². The molecule has 1 aromatic heterocycles. The number of hydrogen-bond donors (Lipinski definition) is 1. The number of hydrogen-bond acceptors (Lipinski definition) is 4. The fraction of sp³-hybridized carbons (Fsp3) is 0.692. The molecule has 2 N–H and O–H groups in total. The van der Waals surface area contributed by atoms with E-state index in [1.807, 2.05) is 12.3 Å². The van der Waals surface area contributed by atoms with Gasteiger partial charge in [0.05, 0.1) is 5.69 Å². The smallest absolute Gasteiger partial charge is 0.225 e. The van der Waals surface area contributed by atoms with Gasteiger partial charge in [-0.2, -0.15) is 0 Å². The minimum Gasteiger partial charge on any atom is -0.340 e. The lowest BCUT2D eigenvalue weighted by atomic mass is 9.82. The van der Waals surface area contributed by atoms with E-state index in [4.69, 9.17) is 5.73 Å². The first kappa shape index (κ1) is 12.3. The van der Waals surface area contributed by atoms with Gasteiger partial charge < -0.3 is 10.6 Å². The lowest BCUT2D eigenvalue weighted by molar-refractivity contribution is 0.301. The van der Waals surface area contributed by atoms with Crippen LogP contribution in [0.1, 0.15) is 38.8 Å². The Morgan fingerprint density at radius 1 is 1.41 bits per heavy atom. The fourth-order valence-electron chi connectivity index (χ4n) is 2.58. The van der Waals surface area contributed by atoms with Gasteiger partial charge in [0.1, 0.15) is 0 Å². The normalized spacial score (nSPS) is 18.6. The summed E-state index contributed by atoms with van der Waals surface area (Å²) in [6.45, 7) is 7.19. The van der Waals surface area contributed by atoms with Crippen LogP contribution in [0.2, 0.25) is 0 Å². The second-order valence-electron chi connectivity index (χ2n) is 4.93. The SMILES string of the molecule is CCC1(CC)CCN(c2nccc(CN)n2)C1. The zero-order chi connectivity index (χ0) is 12.3. The molecule has 1 aromatic rings. The Hall–Kier alpha value is -1.16. The molecule has 0 saturated carbocycles. The molecule has 0 aromatic carbocycles. The molecule has 2 heterocycles. The summed E-state index contributed by atoms with van der Waals surface area (Å²) >= 11 is 0. The molecule has 1 saturated heterocycles. The third-order valence-corrected chi connectivity index (χ3v) is 4.13. The van der Waals surface area contributed by atoms with Gasteiger partial charge in [0.25, 0.3) is 0 Å². The maximum atomic E-state index is 5.61. The van der Waals surface area contributed by atoms with Gasteiger partial charge in [0, 0.05) is 25.8 Å². The highest BCUT2D eigenvalue weighted by atomic mass is 15.3. The predicted molar refractivity (Wildman–Crippen MR) is 69.8 cm³/mol. The van der Waals surface area contributed by atoms with Crippen molar-refractivity contribution in [2.24, 2.45) is 11.1 Å². The summed E-state index contributed by atoms with van der Waals surface area (Å²) in [7, 11) is 0. The molecular weight excluding hydrogens is 212 g/mol. The van der Waals surface area contributed by atoms with Crippen molar-refractivity contribution >= 4 is 5.95 Å². The van der Waals surface area contributed by atoms with Crippen LogP contribution in [-0.4, -0.2) is 23.1 Å². The molecular formula is C13H22N4. The highest BCUT2D eigenvalue weighted by Crippen LogP contribution is 2.37. The molecule has 0 atom stereocenters. The minimum absolute atomic E-state index is 0.460. The average molecular weight is 234 g/mol. The lowest BCUT2D eigenvalue weighted by Crippen LogP contribution is -2.27. The third-order valence-electron chi connectivity index (χ3n) is 4.13. The summed E-state index contributed by atoms with van der Waals surface area (Å²) in [5, 5.41) is 0. The van der Waals surface area contributed by atoms with Gasteiger partial charge in [0.15, 0.2) is 0 Å². The Balaban J connectivity index is 2.14. The largest absolute Gasteiger partial charge is 0.340 e. The first-order chi connectivity index (χ1) is 8.23. The number of rotatable bonds is 4. The van der Waals surface area contributed by atoms with Crippen LogP contribution in [0, 0.1) is 5.41 Å². The van der Waals surface area contributed by atoms with E-state index in [2.05, 4.69) is 28.7 Å². The van der Waals surface area contributed by atoms with Gasteiger partial charge in [-0.1, -0.05) is 13.8 Å². The van der Waals surface area contributed by atoms with Crippen molar-refractivity contribution in [1.82, 2.24) is 9.97 Å². The highest BCUT2D eigenvalue weighted by Gasteiger charge is 2.35. The number of nitrogens with two attached hydrogens (primary N) is 1. The van der Waals surface area contributed by atoms with Crippen LogP contribution in [0.4, 0.5) is 5.95 Å². The summed E-state index contributed by atoms with van der Waals surface area (Å²) in [4.78, 5) is 11.2. The lowest BCUT2D eigenvalue weighted by Gasteiger charge is -2.26. The molecule has 17 heavy (non-hydrogen) atoms. The van der Waals surface area contributed by atoms with Crippen molar-refractivity contribution in [1.29, 1.82) is 0 Å². The van der Waals surface area contributed by atoms with Gasteiger partial charge in [-0.25, -0.2) is 9.97 Å². The number of anilines is 1. The van der Waals surface area contributed by atoms with Crippen LogP contribution < -0.4 is 10.6 Å². The summed E-state index contributed by atoms with van der Waals surface area (Å²) < 4.78 is 0. The van der Waals surface area contributed by atoms with Crippen LogP contribution >= 0.6 is 0 Å². The molecule has 4 nitrogen and oxygen atoms in total. The standard InChI is InChI=1S/C13H22N4/c1-3-13(4-2)6-8-17(10-13)12-15-7-5-11(9-14)16-12/h5,7H,3-4,6,8-10,14H2,1-2H3. The summed E-state index contributed by atoms with van der Waals surface area (Å²) in [6, 6.07) is 1.88. The Morgan fingerprint density at radius 3 is 2.76 bits per heavy atom. The van der Waals surface area contributed by atoms with E-state index in [9.17, 15) is 0 Å². The average Bonchev–Trinajstić information content (AvgIpc) is 2.84. The van der Waals surface area contributed by atoms with Crippen LogP contribution in [-0.2, 0) is 6.54 Å². The maximum Gasteiger partial charge on any atom is 0.225 e. The van der Waals surface area contributed by atoms with Gasteiger partial charge in [-0.05, 0) is 30.7 Å². The third kappa shape index (κ3) is 2.41. The van der Waals surface area contributed by atoms with E-state index in [0.29, 0.717) is 12.0 Å². The zero-order valence-electron chi connectivity index (χ0n) is 10.8. The van der Waals surface area contributed by atoms with Crippen molar-refractivity contribution in [3.63, 3.8) is 0 Å². The summed E-state index contributed by atoms with van der Waals surface area (Å²) in [6.07, 6.45) is 5.52. The molecule has 0 spiro atoms. The summed E-state index contributed by atoms with van der Waals surface area (Å²) in [5.74, 6) is 0.844. The fourth-order valence-corrected chi connectivity index (χ4v) is 2.58. The van der Waals surface area contributed by atoms with E-state index >= 15 is 0 Å². The van der Waals surface area contributed by atoms with Gasteiger partial charge in [-0.15, -0.1) is 0 Å². The minimum atomic E-state index is 0.460. The molecule has 0 radical (unpaired) electrons. The van der Waals surface area contributed by atoms with Crippen LogP contribution in [0.15, 0.2) is 12.3 Å². The molecule has 0 aliphatic carbocycles. The number of nitrogens with zero attached hydrogens (tertiary/aromatic N) is 3. The monoisotopic (exact) mass is 234 g/mol. The molecule has 1 fully saturated rings. The van der Waals surface area contributed by atoms with Gasteiger partial charge in [0.2, 0.25) is 5.95 Å². The van der Waals surface area contributed by atoms with Crippen molar-refractivity contribution in [3.8, 4) is 0 Å². The Labute approximate surface area is 103 Å². The van der Waals surface area contributed by atoms with E-state index in [0.717, 1.165) is 24.7 Å². The molecule has 94 valence electrons. The second-order valence-corrected chi connectivity index (χ2v) is 4.93. The Morgan fingerprint density at radius 2 is 2.18 bits per heavy atom. The van der Waals surface area contributed by atoms with Gasteiger partial charge >= 0.3 is 0 Å². The first-order valence-electron chi connectivity index (χ1n) is 6.50. The zero-order valence-corrected chi connectivity index (χ0v) is 10.8. The Bertz CT molecular complexity index is 373. The maximum absolute atomic E-state index is 5.61. The molecule has 0 unspecified atom stereocenters. The van der Waals surface area contributed by atoms with Crippen molar-refractivity contribution in [2.45, 2.75) is 39.7 Å². The number of aromatic nitrogens is 2. The predicted octanol–water partition coefficient (Wildman–Crippen LogP) is 1.95. The highest BCUT2D eigenvalue weighted by molar-refractivity contribution is 5.33. The van der Waals surface area contributed by atoms with Crippen molar-refractivity contribution in [3.05, 3.63) is 18.0 Å². The first-order valence-corrected chi connectivity index (χ1v) is 6.50. The van der Waals surface area contributed by atoms with Crippen molar-refractivity contribution < 1.29 is 0 Å². The van der Waals surface area contributed by atoms with E-state index < -0.39 is 0 Å². The Kier molecular flexibility index (Phi) is 3.62. The van der Waals surface area contributed by atoms with Crippen molar-refractivity contribution in [2.75, 3.05) is 18.0 Å². The topological polar surface area (TPSA) is 55.0 Å². The molecule has 1 aliphatic rings.